The van der Waals surface area contributed by atoms with Gasteiger partial charge in [-0.3, -0.25) is 4.79 Å². The fraction of sp³-hybridized carbons (Fsp3) is 0.368. The summed E-state index contributed by atoms with van der Waals surface area (Å²) in [7, 11) is 0. The van der Waals surface area contributed by atoms with Crippen molar-refractivity contribution in [2.24, 2.45) is 0 Å². The molecule has 0 atom stereocenters. The van der Waals surface area contributed by atoms with Gasteiger partial charge in [0.2, 0.25) is 0 Å². The number of thioether (sulfide) groups is 1. The van der Waals surface area contributed by atoms with E-state index in [-0.39, 0.29) is 18.3 Å². The Hall–Kier alpha value is -2.28. The number of carbonyl (C=O) groups is 2. The molecule has 0 spiro atoms. The Kier molecular flexibility index (Phi) is 7.26. The molecule has 0 aliphatic heterocycles. The van der Waals surface area contributed by atoms with Gasteiger partial charge in [0, 0.05) is 23.7 Å². The van der Waals surface area contributed by atoms with Crippen molar-refractivity contribution in [3.63, 3.8) is 0 Å². The second kappa shape index (κ2) is 9.43. The van der Waals surface area contributed by atoms with Crippen molar-refractivity contribution in [3.8, 4) is 0 Å². The Morgan fingerprint density at radius 2 is 2.00 bits per heavy atom. The number of halogens is 1. The van der Waals surface area contributed by atoms with Gasteiger partial charge in [0.15, 0.2) is 0 Å². The van der Waals surface area contributed by atoms with Crippen molar-refractivity contribution in [2.45, 2.75) is 26.5 Å². The second-order valence-electron chi connectivity index (χ2n) is 5.75. The molecule has 1 amide bonds. The van der Waals surface area contributed by atoms with Crippen LogP contribution < -0.4 is 5.32 Å². The third-order valence-electron chi connectivity index (χ3n) is 3.89. The Balaban J connectivity index is 1.86. The number of carbonyl (C=O) groups excluding carboxylic acids is 2. The standard InChI is InChI=1S/C19H23FN2O3S/c1-4-25-19(24)16-12(2)17(22-13(16)3)18(23)21-9-10-26-11-14-7-5-6-8-15(14)20/h5-8,22H,4,9-11H2,1-3H3,(H,21,23). The van der Waals surface area contributed by atoms with Gasteiger partial charge in [-0.2, -0.15) is 11.8 Å². The number of esters is 1. The number of hydrogen-bond donors (Lipinski definition) is 2. The number of H-pyrrole nitrogens is 1. The van der Waals surface area contributed by atoms with Gasteiger partial charge in [-0.05, 0) is 38.0 Å². The van der Waals surface area contributed by atoms with Crippen molar-refractivity contribution in [2.75, 3.05) is 18.9 Å². The molecule has 1 heterocycles. The van der Waals surface area contributed by atoms with Crippen LogP contribution in [0.3, 0.4) is 0 Å². The Bertz CT molecular complexity index is 789. The number of amides is 1. The van der Waals surface area contributed by atoms with E-state index in [9.17, 15) is 14.0 Å². The summed E-state index contributed by atoms with van der Waals surface area (Å²) in [6.45, 7) is 5.92. The molecule has 2 aromatic rings. The van der Waals surface area contributed by atoms with Crippen LogP contribution in [-0.2, 0) is 10.5 Å². The van der Waals surface area contributed by atoms with Gasteiger partial charge in [0.05, 0.1) is 12.2 Å². The molecule has 0 unspecified atom stereocenters. The molecule has 140 valence electrons. The summed E-state index contributed by atoms with van der Waals surface area (Å²) in [5, 5.41) is 2.82. The SMILES string of the molecule is CCOC(=O)c1c(C)[nH]c(C(=O)NCCSCc2ccccc2F)c1C. The highest BCUT2D eigenvalue weighted by Crippen LogP contribution is 2.19. The van der Waals surface area contributed by atoms with Crippen LogP contribution in [0.15, 0.2) is 24.3 Å². The molecule has 0 saturated heterocycles. The lowest BCUT2D eigenvalue weighted by Gasteiger charge is -2.06. The van der Waals surface area contributed by atoms with E-state index in [4.69, 9.17) is 4.74 Å². The number of ether oxygens (including phenoxy) is 1. The molecule has 26 heavy (non-hydrogen) atoms. The number of nitrogens with one attached hydrogen (secondary N) is 2. The third-order valence-corrected chi connectivity index (χ3v) is 4.90. The van der Waals surface area contributed by atoms with Gasteiger partial charge in [0.25, 0.3) is 5.91 Å². The van der Waals surface area contributed by atoms with Gasteiger partial charge >= 0.3 is 5.97 Å². The van der Waals surface area contributed by atoms with E-state index in [1.54, 1.807) is 50.7 Å². The number of benzene rings is 1. The number of aryl methyl sites for hydroxylation is 1. The van der Waals surface area contributed by atoms with Crippen LogP contribution in [-0.4, -0.2) is 35.8 Å². The molecule has 2 rings (SSSR count). The number of aromatic amines is 1. The average molecular weight is 378 g/mol. The molecular weight excluding hydrogens is 355 g/mol. The zero-order valence-electron chi connectivity index (χ0n) is 15.1. The molecule has 7 heteroatoms. The predicted octanol–water partition coefficient (Wildman–Crippen LogP) is 3.61. The van der Waals surface area contributed by atoms with Crippen LogP contribution in [0, 0.1) is 19.7 Å². The molecule has 0 radical (unpaired) electrons. The van der Waals surface area contributed by atoms with E-state index < -0.39 is 5.97 Å². The maximum absolute atomic E-state index is 13.5. The summed E-state index contributed by atoms with van der Waals surface area (Å²) in [5.41, 5.74) is 2.62. The molecular formula is C19H23FN2O3S. The van der Waals surface area contributed by atoms with Gasteiger partial charge < -0.3 is 15.0 Å². The first kappa shape index (κ1) is 20.0. The normalized spacial score (nSPS) is 10.6. The van der Waals surface area contributed by atoms with Gasteiger partial charge in [-0.25, -0.2) is 9.18 Å². The van der Waals surface area contributed by atoms with Crippen molar-refractivity contribution < 1.29 is 18.7 Å². The lowest BCUT2D eigenvalue weighted by atomic mass is 10.1. The predicted molar refractivity (Wildman–Crippen MR) is 101 cm³/mol. The molecule has 0 aliphatic carbocycles. The smallest absolute Gasteiger partial charge is 0.340 e. The molecule has 0 bridgehead atoms. The molecule has 0 fully saturated rings. The second-order valence-corrected chi connectivity index (χ2v) is 6.85. The Morgan fingerprint density at radius 1 is 1.27 bits per heavy atom. The van der Waals surface area contributed by atoms with E-state index in [1.165, 1.54) is 6.07 Å². The van der Waals surface area contributed by atoms with E-state index in [2.05, 4.69) is 10.3 Å². The largest absolute Gasteiger partial charge is 0.462 e. The van der Waals surface area contributed by atoms with E-state index in [1.807, 2.05) is 0 Å². The third kappa shape index (κ3) is 4.88. The molecule has 0 aliphatic rings. The van der Waals surface area contributed by atoms with Crippen LogP contribution in [0.4, 0.5) is 4.39 Å². The molecule has 1 aromatic carbocycles. The Morgan fingerprint density at radius 3 is 2.69 bits per heavy atom. The fourth-order valence-corrected chi connectivity index (χ4v) is 3.45. The summed E-state index contributed by atoms with van der Waals surface area (Å²) in [6.07, 6.45) is 0. The van der Waals surface area contributed by atoms with Gasteiger partial charge in [-0.15, -0.1) is 0 Å². The van der Waals surface area contributed by atoms with Gasteiger partial charge in [0.1, 0.15) is 11.5 Å². The zero-order valence-corrected chi connectivity index (χ0v) is 16.0. The molecule has 5 nitrogen and oxygen atoms in total. The summed E-state index contributed by atoms with van der Waals surface area (Å²) in [4.78, 5) is 27.3. The van der Waals surface area contributed by atoms with Crippen LogP contribution in [0.1, 0.15) is 44.6 Å². The topological polar surface area (TPSA) is 71.2 Å². The minimum absolute atomic E-state index is 0.215. The fourth-order valence-electron chi connectivity index (χ4n) is 2.61. The highest BCUT2D eigenvalue weighted by molar-refractivity contribution is 7.98. The summed E-state index contributed by atoms with van der Waals surface area (Å²) < 4.78 is 18.6. The first-order chi connectivity index (χ1) is 12.5. The van der Waals surface area contributed by atoms with Crippen molar-refractivity contribution >= 4 is 23.6 Å². The van der Waals surface area contributed by atoms with Crippen molar-refractivity contribution in [1.29, 1.82) is 0 Å². The maximum atomic E-state index is 13.5. The highest BCUT2D eigenvalue weighted by atomic mass is 32.2. The first-order valence-corrected chi connectivity index (χ1v) is 9.56. The molecule has 2 N–H and O–H groups in total. The van der Waals surface area contributed by atoms with Crippen LogP contribution >= 0.6 is 11.8 Å². The highest BCUT2D eigenvalue weighted by Gasteiger charge is 2.22. The van der Waals surface area contributed by atoms with E-state index >= 15 is 0 Å². The maximum Gasteiger partial charge on any atom is 0.340 e. The quantitative estimate of drug-likeness (QED) is 0.544. The molecule has 0 saturated carbocycles. The Labute approximate surface area is 156 Å². The number of hydrogen-bond acceptors (Lipinski definition) is 4. The van der Waals surface area contributed by atoms with Crippen molar-refractivity contribution in [1.82, 2.24) is 10.3 Å². The van der Waals surface area contributed by atoms with Crippen LogP contribution in [0.25, 0.3) is 0 Å². The van der Waals surface area contributed by atoms with E-state index in [0.717, 1.165) is 0 Å². The lowest BCUT2D eigenvalue weighted by Crippen LogP contribution is -2.26. The summed E-state index contributed by atoms with van der Waals surface area (Å²) >= 11 is 1.54. The monoisotopic (exact) mass is 378 g/mol. The minimum atomic E-state index is -0.432. The minimum Gasteiger partial charge on any atom is -0.462 e. The van der Waals surface area contributed by atoms with Crippen LogP contribution in [0.5, 0.6) is 0 Å². The average Bonchev–Trinajstić information content (AvgIpc) is 2.90. The van der Waals surface area contributed by atoms with Crippen LogP contribution in [0.2, 0.25) is 0 Å². The van der Waals surface area contributed by atoms with Gasteiger partial charge in [-0.1, -0.05) is 18.2 Å². The number of aromatic nitrogens is 1. The lowest BCUT2D eigenvalue weighted by molar-refractivity contribution is 0.0525. The van der Waals surface area contributed by atoms with Crippen molar-refractivity contribution in [3.05, 3.63) is 58.2 Å². The first-order valence-electron chi connectivity index (χ1n) is 8.41. The zero-order chi connectivity index (χ0) is 19.1. The number of rotatable bonds is 8. The molecule has 1 aromatic heterocycles. The summed E-state index contributed by atoms with van der Waals surface area (Å²) in [6, 6.07) is 6.66. The summed E-state index contributed by atoms with van der Waals surface area (Å²) in [5.74, 6) is 0.290. The van der Waals surface area contributed by atoms with E-state index in [0.29, 0.717) is 46.1 Å².